The first-order chi connectivity index (χ1) is 18.8. The van der Waals surface area contributed by atoms with Crippen LogP contribution >= 0.6 is 0 Å². The Morgan fingerprint density at radius 2 is 1.77 bits per heavy atom. The maximum Gasteiger partial charge on any atom is 0.257 e. The molecule has 1 aliphatic rings. The van der Waals surface area contributed by atoms with Crippen molar-refractivity contribution in [2.45, 2.75) is 53.1 Å². The van der Waals surface area contributed by atoms with Gasteiger partial charge in [-0.3, -0.25) is 14.5 Å². The third-order valence-electron chi connectivity index (χ3n) is 7.41. The van der Waals surface area contributed by atoms with Gasteiger partial charge in [0.2, 0.25) is 5.91 Å². The van der Waals surface area contributed by atoms with Crippen molar-refractivity contribution in [1.29, 1.82) is 0 Å². The largest absolute Gasteiger partial charge is 0.497 e. The molecule has 4 rings (SSSR count). The van der Waals surface area contributed by atoms with E-state index in [4.69, 9.17) is 4.74 Å². The second kappa shape index (κ2) is 12.8. The number of aryl methyl sites for hydroxylation is 2. The minimum Gasteiger partial charge on any atom is -0.497 e. The van der Waals surface area contributed by atoms with Gasteiger partial charge in [0, 0.05) is 45.0 Å². The van der Waals surface area contributed by atoms with Crippen molar-refractivity contribution in [3.05, 3.63) is 82.9 Å². The highest BCUT2D eigenvalue weighted by molar-refractivity contribution is 5.97. The van der Waals surface area contributed by atoms with Gasteiger partial charge in [-0.2, -0.15) is 0 Å². The molecule has 0 saturated carbocycles. The van der Waals surface area contributed by atoms with Crippen LogP contribution < -0.4 is 9.64 Å². The van der Waals surface area contributed by atoms with Gasteiger partial charge in [0.25, 0.3) is 5.91 Å². The van der Waals surface area contributed by atoms with Gasteiger partial charge in [0.05, 0.1) is 30.5 Å². The van der Waals surface area contributed by atoms with Gasteiger partial charge in [0.15, 0.2) is 0 Å². The number of nitrogens with zero attached hydrogens (tertiary/aromatic N) is 5. The first kappa shape index (κ1) is 28.2. The summed E-state index contributed by atoms with van der Waals surface area (Å²) in [6.45, 7) is 11.4. The van der Waals surface area contributed by atoms with Crippen LogP contribution in [-0.2, 0) is 17.8 Å². The number of benzene rings is 2. The van der Waals surface area contributed by atoms with E-state index < -0.39 is 0 Å². The van der Waals surface area contributed by atoms with Crippen molar-refractivity contribution in [2.24, 2.45) is 0 Å². The summed E-state index contributed by atoms with van der Waals surface area (Å²) in [6, 6.07) is 14.0. The van der Waals surface area contributed by atoms with Crippen LogP contribution in [0.3, 0.4) is 0 Å². The number of anilines is 1. The first-order valence-electron chi connectivity index (χ1n) is 13.6. The lowest BCUT2D eigenvalue weighted by molar-refractivity contribution is -0.118. The van der Waals surface area contributed by atoms with Gasteiger partial charge in [-0.05, 0) is 62.9 Å². The molecule has 2 aromatic carbocycles. The molecule has 0 N–H and O–H groups in total. The van der Waals surface area contributed by atoms with E-state index in [0.717, 1.165) is 47.6 Å². The SMILES string of the molecule is COc1ccc(CC(=O)N2CCCN(C(C)C)CCN(C(=O)c3cncnc3C)Cc3cccc(C)c32)cc1. The summed E-state index contributed by atoms with van der Waals surface area (Å²) >= 11 is 0. The highest BCUT2D eigenvalue weighted by atomic mass is 16.5. The van der Waals surface area contributed by atoms with Crippen molar-refractivity contribution >= 4 is 17.5 Å². The van der Waals surface area contributed by atoms with Crippen LogP contribution in [0.25, 0.3) is 0 Å². The number of aromatic nitrogens is 2. The molecule has 3 aromatic rings. The Kier molecular flexibility index (Phi) is 9.30. The molecule has 2 amide bonds. The maximum absolute atomic E-state index is 13.9. The summed E-state index contributed by atoms with van der Waals surface area (Å²) in [5.41, 5.74) is 4.97. The van der Waals surface area contributed by atoms with Crippen LogP contribution in [0.1, 0.15) is 53.0 Å². The van der Waals surface area contributed by atoms with E-state index in [-0.39, 0.29) is 18.2 Å². The molecule has 0 aliphatic carbocycles. The fraction of sp³-hybridized carbons (Fsp3) is 0.419. The monoisotopic (exact) mass is 529 g/mol. The molecule has 1 aliphatic heterocycles. The molecule has 0 atom stereocenters. The number of rotatable bonds is 5. The van der Waals surface area contributed by atoms with E-state index in [2.05, 4.69) is 28.7 Å². The molecule has 8 heteroatoms. The molecule has 0 saturated heterocycles. The second-order valence-electron chi connectivity index (χ2n) is 10.4. The lowest BCUT2D eigenvalue weighted by atomic mass is 10.0. The van der Waals surface area contributed by atoms with Crippen LogP contribution in [0.15, 0.2) is 55.0 Å². The van der Waals surface area contributed by atoms with Gasteiger partial charge < -0.3 is 14.5 Å². The fourth-order valence-electron chi connectivity index (χ4n) is 5.15. The van der Waals surface area contributed by atoms with Crippen molar-refractivity contribution in [3.8, 4) is 5.75 Å². The van der Waals surface area contributed by atoms with Crippen LogP contribution in [0, 0.1) is 13.8 Å². The third kappa shape index (κ3) is 6.81. The van der Waals surface area contributed by atoms with Gasteiger partial charge in [-0.25, -0.2) is 9.97 Å². The molecular weight excluding hydrogens is 490 g/mol. The molecular formula is C31H39N5O3. The van der Waals surface area contributed by atoms with Crippen LogP contribution in [0.5, 0.6) is 5.75 Å². The summed E-state index contributed by atoms with van der Waals surface area (Å²) in [5, 5.41) is 0. The maximum atomic E-state index is 13.9. The number of fused-ring (bicyclic) bond motifs is 1. The van der Waals surface area contributed by atoms with E-state index in [1.54, 1.807) is 13.3 Å². The van der Waals surface area contributed by atoms with E-state index in [1.807, 2.05) is 66.1 Å². The Hall–Kier alpha value is -3.78. The van der Waals surface area contributed by atoms with E-state index in [9.17, 15) is 9.59 Å². The van der Waals surface area contributed by atoms with E-state index >= 15 is 0 Å². The van der Waals surface area contributed by atoms with Crippen molar-refractivity contribution in [1.82, 2.24) is 19.8 Å². The fourth-order valence-corrected chi connectivity index (χ4v) is 5.15. The van der Waals surface area contributed by atoms with Gasteiger partial charge in [-0.15, -0.1) is 0 Å². The Morgan fingerprint density at radius 1 is 1.00 bits per heavy atom. The highest BCUT2D eigenvalue weighted by Crippen LogP contribution is 2.29. The van der Waals surface area contributed by atoms with Crippen molar-refractivity contribution in [2.75, 3.05) is 38.2 Å². The normalized spacial score (nSPS) is 15.0. The number of para-hydroxylation sites is 1. The summed E-state index contributed by atoms with van der Waals surface area (Å²) < 4.78 is 5.28. The minimum atomic E-state index is -0.0976. The average Bonchev–Trinajstić information content (AvgIpc) is 2.96. The highest BCUT2D eigenvalue weighted by Gasteiger charge is 2.27. The molecule has 0 unspecified atom stereocenters. The number of hydrogen-bond donors (Lipinski definition) is 0. The predicted molar refractivity (Wildman–Crippen MR) is 153 cm³/mol. The lowest BCUT2D eigenvalue weighted by Crippen LogP contribution is -2.41. The lowest BCUT2D eigenvalue weighted by Gasteiger charge is -2.30. The van der Waals surface area contributed by atoms with Gasteiger partial charge in [-0.1, -0.05) is 30.3 Å². The molecule has 0 radical (unpaired) electrons. The third-order valence-corrected chi connectivity index (χ3v) is 7.41. The number of methoxy groups -OCH3 is 1. The topological polar surface area (TPSA) is 78.9 Å². The molecule has 2 heterocycles. The number of carbonyl (C=O) groups excluding carboxylic acids is 2. The smallest absolute Gasteiger partial charge is 0.257 e. The van der Waals surface area contributed by atoms with Crippen molar-refractivity contribution in [3.63, 3.8) is 0 Å². The number of ether oxygens (including phenoxy) is 1. The van der Waals surface area contributed by atoms with E-state index in [1.165, 1.54) is 6.33 Å². The Labute approximate surface area is 231 Å². The summed E-state index contributed by atoms with van der Waals surface area (Å²) in [5.74, 6) is 0.705. The quantitative estimate of drug-likeness (QED) is 0.487. The summed E-state index contributed by atoms with van der Waals surface area (Å²) in [7, 11) is 1.63. The van der Waals surface area contributed by atoms with Crippen LogP contribution in [-0.4, -0.2) is 70.9 Å². The zero-order valence-corrected chi connectivity index (χ0v) is 23.7. The number of hydrogen-bond acceptors (Lipinski definition) is 6. The Morgan fingerprint density at radius 3 is 2.46 bits per heavy atom. The molecule has 39 heavy (non-hydrogen) atoms. The summed E-state index contributed by atoms with van der Waals surface area (Å²) in [6.07, 6.45) is 4.18. The predicted octanol–water partition coefficient (Wildman–Crippen LogP) is 4.43. The zero-order chi connectivity index (χ0) is 27.9. The Balaban J connectivity index is 1.72. The van der Waals surface area contributed by atoms with E-state index in [0.29, 0.717) is 36.9 Å². The molecule has 0 fully saturated rings. The zero-order valence-electron chi connectivity index (χ0n) is 23.7. The molecule has 0 bridgehead atoms. The average molecular weight is 530 g/mol. The Bertz CT molecular complexity index is 1290. The second-order valence-corrected chi connectivity index (χ2v) is 10.4. The summed E-state index contributed by atoms with van der Waals surface area (Å²) in [4.78, 5) is 42.2. The van der Waals surface area contributed by atoms with Crippen LogP contribution in [0.2, 0.25) is 0 Å². The standard InChI is InChI=1S/C31H39N5O3/c1-22(2)34-14-7-15-36(29(37)18-25-10-12-27(39-5)13-11-25)30-23(3)8-6-9-26(30)20-35(17-16-34)31(38)28-19-32-21-33-24(28)4/h6,8-13,19,21-22H,7,14-18,20H2,1-5H3. The van der Waals surface area contributed by atoms with Crippen molar-refractivity contribution < 1.29 is 14.3 Å². The van der Waals surface area contributed by atoms with Gasteiger partial charge >= 0.3 is 0 Å². The van der Waals surface area contributed by atoms with Crippen LogP contribution in [0.4, 0.5) is 5.69 Å². The number of carbonyl (C=O) groups is 2. The first-order valence-corrected chi connectivity index (χ1v) is 13.6. The molecule has 8 nitrogen and oxygen atoms in total. The molecule has 1 aromatic heterocycles. The minimum absolute atomic E-state index is 0.0382. The molecule has 206 valence electrons. The van der Waals surface area contributed by atoms with Gasteiger partial charge in [0.1, 0.15) is 12.1 Å². The molecule has 0 spiro atoms. The number of amides is 2.